The molecule has 0 fully saturated rings. The maximum Gasteiger partial charge on any atom is 0.257 e. The highest BCUT2D eigenvalue weighted by Gasteiger charge is 2.23. The van der Waals surface area contributed by atoms with Crippen LogP contribution >= 0.6 is 0 Å². The molecule has 0 radical (unpaired) electrons. The Labute approximate surface area is 105 Å². The van der Waals surface area contributed by atoms with Crippen LogP contribution in [0, 0.1) is 0 Å². The van der Waals surface area contributed by atoms with Crippen LogP contribution in [0.3, 0.4) is 0 Å². The summed E-state index contributed by atoms with van der Waals surface area (Å²) in [6, 6.07) is 13.7. The first-order valence-corrected chi connectivity index (χ1v) is 5.85. The first-order valence-electron chi connectivity index (χ1n) is 5.85. The number of fused-ring (bicyclic) bond motifs is 1. The summed E-state index contributed by atoms with van der Waals surface area (Å²) in [4.78, 5) is 15.9. The predicted octanol–water partition coefficient (Wildman–Crippen LogP) is 2.41. The second-order valence-electron chi connectivity index (χ2n) is 4.16. The summed E-state index contributed by atoms with van der Waals surface area (Å²) in [6.45, 7) is 0. The molecule has 3 heteroatoms. The molecule has 0 spiro atoms. The van der Waals surface area contributed by atoms with Crippen molar-refractivity contribution >= 4 is 11.6 Å². The maximum absolute atomic E-state index is 11.7. The van der Waals surface area contributed by atoms with Crippen molar-refractivity contribution in [2.45, 2.75) is 6.42 Å². The van der Waals surface area contributed by atoms with E-state index >= 15 is 0 Å². The Kier molecular flexibility index (Phi) is 2.65. The van der Waals surface area contributed by atoms with E-state index in [1.807, 2.05) is 24.3 Å². The molecule has 0 saturated carbocycles. The minimum atomic E-state index is -0.0718. The van der Waals surface area contributed by atoms with Gasteiger partial charge in [0.2, 0.25) is 0 Å². The number of carbonyl (C=O) groups excluding carboxylic acids is 1. The molecule has 3 rings (SSSR count). The van der Waals surface area contributed by atoms with Gasteiger partial charge in [0.15, 0.2) is 0 Å². The summed E-state index contributed by atoms with van der Waals surface area (Å²) in [5.41, 5.74) is 3.42. The lowest BCUT2D eigenvalue weighted by atomic mass is 10.1. The van der Waals surface area contributed by atoms with E-state index in [-0.39, 0.29) is 5.91 Å². The van der Waals surface area contributed by atoms with Crippen molar-refractivity contribution in [1.29, 1.82) is 0 Å². The Bertz CT molecular complexity index is 617. The van der Waals surface area contributed by atoms with E-state index in [2.05, 4.69) is 22.4 Å². The molecule has 0 atom stereocenters. The highest BCUT2D eigenvalue weighted by atomic mass is 16.1. The number of pyridine rings is 1. The van der Waals surface area contributed by atoms with Gasteiger partial charge in [-0.3, -0.25) is 9.78 Å². The number of hydrogen-bond donors (Lipinski definition) is 1. The van der Waals surface area contributed by atoms with Crippen LogP contribution < -0.4 is 5.32 Å². The van der Waals surface area contributed by atoms with Crippen molar-refractivity contribution in [3.8, 4) is 0 Å². The molecule has 1 aliphatic heterocycles. The molecule has 1 aromatic carbocycles. The van der Waals surface area contributed by atoms with Crippen molar-refractivity contribution in [2.75, 3.05) is 0 Å². The molecule has 18 heavy (non-hydrogen) atoms. The number of carbonyl (C=O) groups is 1. The normalized spacial score (nSPS) is 15.6. The van der Waals surface area contributed by atoms with E-state index in [1.165, 1.54) is 5.56 Å². The van der Waals surface area contributed by atoms with Crippen LogP contribution in [0.1, 0.15) is 21.6 Å². The average molecular weight is 236 g/mol. The van der Waals surface area contributed by atoms with E-state index in [4.69, 9.17) is 0 Å². The summed E-state index contributed by atoms with van der Waals surface area (Å²) in [5.74, 6) is -0.0718. The first kappa shape index (κ1) is 10.7. The lowest BCUT2D eigenvalue weighted by Crippen LogP contribution is -2.12. The quantitative estimate of drug-likeness (QED) is 0.870. The smallest absolute Gasteiger partial charge is 0.257 e. The van der Waals surface area contributed by atoms with E-state index in [1.54, 1.807) is 18.3 Å². The minimum absolute atomic E-state index is 0.0718. The van der Waals surface area contributed by atoms with Crippen LogP contribution in [-0.4, -0.2) is 10.9 Å². The molecule has 0 saturated heterocycles. The molecule has 1 aromatic heterocycles. The molecule has 2 aromatic rings. The van der Waals surface area contributed by atoms with Crippen molar-refractivity contribution in [1.82, 2.24) is 10.3 Å². The molecular weight excluding hydrogens is 224 g/mol. The van der Waals surface area contributed by atoms with Gasteiger partial charge in [-0.1, -0.05) is 36.4 Å². The molecule has 0 unspecified atom stereocenters. The Morgan fingerprint density at radius 2 is 1.94 bits per heavy atom. The topological polar surface area (TPSA) is 42.0 Å². The number of amides is 1. The number of nitrogens with one attached hydrogen (secondary N) is 1. The molecule has 3 nitrogen and oxygen atoms in total. The molecule has 1 amide bonds. The van der Waals surface area contributed by atoms with Crippen LogP contribution in [0.2, 0.25) is 0 Å². The SMILES string of the molecule is O=C1N/C(=C\Cc2ccccc2)c2ncccc21. The number of aromatic nitrogens is 1. The van der Waals surface area contributed by atoms with Crippen LogP contribution in [0.15, 0.2) is 54.7 Å². The van der Waals surface area contributed by atoms with Gasteiger partial charge < -0.3 is 5.32 Å². The van der Waals surface area contributed by atoms with Gasteiger partial charge in [0, 0.05) is 6.20 Å². The summed E-state index contributed by atoms with van der Waals surface area (Å²) in [6.07, 6.45) is 4.49. The average Bonchev–Trinajstić information content (AvgIpc) is 2.75. The summed E-state index contributed by atoms with van der Waals surface area (Å²) in [7, 11) is 0. The van der Waals surface area contributed by atoms with Gasteiger partial charge in [-0.2, -0.15) is 0 Å². The summed E-state index contributed by atoms with van der Waals surface area (Å²) in [5, 5.41) is 2.85. The van der Waals surface area contributed by atoms with Crippen molar-refractivity contribution in [3.05, 3.63) is 71.6 Å². The standard InChI is InChI=1S/C15H12N2O/c18-15-12-7-4-10-16-14(12)13(17-15)9-8-11-5-2-1-3-6-11/h1-7,9-10H,8H2,(H,17,18)/b13-9-. The lowest BCUT2D eigenvalue weighted by molar-refractivity contribution is 0.0981. The van der Waals surface area contributed by atoms with Crippen LogP contribution in [0.4, 0.5) is 0 Å². The Morgan fingerprint density at radius 3 is 2.78 bits per heavy atom. The number of hydrogen-bond acceptors (Lipinski definition) is 2. The first-order chi connectivity index (χ1) is 8.84. The number of rotatable bonds is 2. The monoisotopic (exact) mass is 236 g/mol. The summed E-state index contributed by atoms with van der Waals surface area (Å²) >= 11 is 0. The molecule has 88 valence electrons. The van der Waals surface area contributed by atoms with Gasteiger partial charge >= 0.3 is 0 Å². The third-order valence-corrected chi connectivity index (χ3v) is 2.94. The number of allylic oxidation sites excluding steroid dienone is 1. The van der Waals surface area contributed by atoms with Crippen LogP contribution in [0.5, 0.6) is 0 Å². The number of nitrogens with zero attached hydrogens (tertiary/aromatic N) is 1. The Balaban J connectivity index is 1.89. The van der Waals surface area contributed by atoms with Crippen molar-refractivity contribution < 1.29 is 4.79 Å². The predicted molar refractivity (Wildman–Crippen MR) is 69.8 cm³/mol. The zero-order valence-electron chi connectivity index (χ0n) is 9.76. The second kappa shape index (κ2) is 4.45. The van der Waals surface area contributed by atoms with Gasteiger partial charge in [-0.05, 0) is 24.1 Å². The van der Waals surface area contributed by atoms with Crippen molar-refractivity contribution in [2.24, 2.45) is 0 Å². The van der Waals surface area contributed by atoms with E-state index < -0.39 is 0 Å². The van der Waals surface area contributed by atoms with E-state index in [9.17, 15) is 4.79 Å². The fraction of sp³-hybridized carbons (Fsp3) is 0.0667. The largest absolute Gasteiger partial charge is 0.320 e. The second-order valence-corrected chi connectivity index (χ2v) is 4.16. The zero-order chi connectivity index (χ0) is 12.4. The Hall–Kier alpha value is -2.42. The zero-order valence-corrected chi connectivity index (χ0v) is 9.76. The van der Waals surface area contributed by atoms with Gasteiger partial charge in [0.05, 0.1) is 17.0 Å². The summed E-state index contributed by atoms with van der Waals surface area (Å²) < 4.78 is 0. The highest BCUT2D eigenvalue weighted by molar-refractivity contribution is 6.08. The van der Waals surface area contributed by atoms with Crippen molar-refractivity contribution in [3.63, 3.8) is 0 Å². The highest BCUT2D eigenvalue weighted by Crippen LogP contribution is 2.21. The molecular formula is C15H12N2O. The van der Waals surface area contributed by atoms with Gasteiger partial charge in [0.25, 0.3) is 5.91 Å². The van der Waals surface area contributed by atoms with Crippen LogP contribution in [0.25, 0.3) is 5.70 Å². The third-order valence-electron chi connectivity index (χ3n) is 2.94. The molecule has 0 bridgehead atoms. The molecule has 0 aliphatic carbocycles. The lowest BCUT2D eigenvalue weighted by Gasteiger charge is -1.99. The van der Waals surface area contributed by atoms with E-state index in [0.717, 1.165) is 17.8 Å². The number of benzene rings is 1. The van der Waals surface area contributed by atoms with Gasteiger partial charge in [-0.25, -0.2) is 0 Å². The fourth-order valence-corrected chi connectivity index (χ4v) is 2.03. The van der Waals surface area contributed by atoms with Gasteiger partial charge in [0.1, 0.15) is 0 Å². The van der Waals surface area contributed by atoms with Gasteiger partial charge in [-0.15, -0.1) is 0 Å². The third kappa shape index (κ3) is 1.91. The van der Waals surface area contributed by atoms with E-state index in [0.29, 0.717) is 5.56 Å². The molecule has 1 N–H and O–H groups in total. The molecule has 2 heterocycles. The maximum atomic E-state index is 11.7. The molecule has 1 aliphatic rings. The minimum Gasteiger partial charge on any atom is -0.320 e. The Morgan fingerprint density at radius 1 is 1.11 bits per heavy atom. The fourth-order valence-electron chi connectivity index (χ4n) is 2.03. The van der Waals surface area contributed by atoms with Crippen LogP contribution in [-0.2, 0) is 6.42 Å².